The second kappa shape index (κ2) is 7.47. The molecule has 1 aromatic heterocycles. The van der Waals surface area contributed by atoms with Crippen molar-refractivity contribution in [3.63, 3.8) is 0 Å². The third-order valence-electron chi connectivity index (χ3n) is 4.07. The van der Waals surface area contributed by atoms with Crippen LogP contribution in [0.3, 0.4) is 0 Å². The van der Waals surface area contributed by atoms with Crippen molar-refractivity contribution in [2.75, 3.05) is 23.3 Å². The zero-order valence-corrected chi connectivity index (χ0v) is 13.7. The monoisotopic (exact) mass is 329 g/mol. The van der Waals surface area contributed by atoms with E-state index in [0.29, 0.717) is 16.4 Å². The lowest BCUT2D eigenvalue weighted by Gasteiger charge is -2.22. The highest BCUT2D eigenvalue weighted by atomic mass is 35.5. The van der Waals surface area contributed by atoms with Crippen molar-refractivity contribution < 1.29 is 4.79 Å². The minimum absolute atomic E-state index is 0.241. The summed E-state index contributed by atoms with van der Waals surface area (Å²) < 4.78 is 0. The van der Waals surface area contributed by atoms with E-state index in [2.05, 4.69) is 15.2 Å². The first kappa shape index (κ1) is 15.8. The predicted molar refractivity (Wildman–Crippen MR) is 94.3 cm³/mol. The molecule has 0 atom stereocenters. The Morgan fingerprint density at radius 3 is 2.57 bits per heavy atom. The smallest absolute Gasteiger partial charge is 0.274 e. The average Bonchev–Trinajstić information content (AvgIpc) is 2.86. The van der Waals surface area contributed by atoms with Gasteiger partial charge in [-0.3, -0.25) is 9.78 Å². The van der Waals surface area contributed by atoms with Gasteiger partial charge in [0.25, 0.3) is 5.91 Å². The molecule has 0 saturated carbocycles. The predicted octanol–water partition coefficient (Wildman–Crippen LogP) is 4.37. The molecular weight excluding hydrogens is 310 g/mol. The van der Waals surface area contributed by atoms with Gasteiger partial charge in [-0.2, -0.15) is 0 Å². The maximum atomic E-state index is 12.4. The summed E-state index contributed by atoms with van der Waals surface area (Å²) in [5, 5.41) is 3.34. The molecule has 4 nitrogen and oxygen atoms in total. The number of nitrogens with one attached hydrogen (secondary N) is 1. The first-order valence-electron chi connectivity index (χ1n) is 8.01. The van der Waals surface area contributed by atoms with Gasteiger partial charge >= 0.3 is 0 Å². The number of benzene rings is 1. The van der Waals surface area contributed by atoms with Gasteiger partial charge < -0.3 is 10.2 Å². The minimum Gasteiger partial charge on any atom is -0.371 e. The second-order valence-electron chi connectivity index (χ2n) is 5.73. The van der Waals surface area contributed by atoms with Crippen molar-refractivity contribution in [1.29, 1.82) is 0 Å². The summed E-state index contributed by atoms with van der Waals surface area (Å²) in [4.78, 5) is 19.0. The molecular formula is C18H20ClN3O. The molecule has 0 radical (unpaired) electrons. The number of carbonyl (C=O) groups excluding carboxylic acids is 1. The number of aromatic nitrogens is 1. The Kier molecular flexibility index (Phi) is 5.13. The number of halogens is 1. The van der Waals surface area contributed by atoms with Gasteiger partial charge in [-0.05, 0) is 37.1 Å². The van der Waals surface area contributed by atoms with Gasteiger partial charge in [0.2, 0.25) is 0 Å². The Morgan fingerprint density at radius 2 is 1.83 bits per heavy atom. The summed E-state index contributed by atoms with van der Waals surface area (Å²) in [6.07, 6.45) is 6.65. The summed E-state index contributed by atoms with van der Waals surface area (Å²) in [5.74, 6) is -0.241. The molecule has 0 unspecified atom stereocenters. The van der Waals surface area contributed by atoms with E-state index in [9.17, 15) is 4.79 Å². The summed E-state index contributed by atoms with van der Waals surface area (Å²) in [6, 6.07) is 11.0. The number of hydrogen-bond donors (Lipinski definition) is 1. The van der Waals surface area contributed by atoms with Crippen LogP contribution in [0.4, 0.5) is 11.4 Å². The van der Waals surface area contributed by atoms with Gasteiger partial charge in [0, 0.05) is 25.0 Å². The number of hydrogen-bond acceptors (Lipinski definition) is 3. The van der Waals surface area contributed by atoms with E-state index < -0.39 is 0 Å². The Hall–Kier alpha value is -2.07. The van der Waals surface area contributed by atoms with E-state index in [0.717, 1.165) is 18.8 Å². The van der Waals surface area contributed by atoms with Gasteiger partial charge in [-0.25, -0.2) is 0 Å². The van der Waals surface area contributed by atoms with Crippen LogP contribution in [0.5, 0.6) is 0 Å². The van der Waals surface area contributed by atoms with Crippen molar-refractivity contribution in [1.82, 2.24) is 4.98 Å². The molecule has 1 saturated heterocycles. The third-order valence-corrected chi connectivity index (χ3v) is 4.40. The molecule has 2 heterocycles. The molecule has 2 aromatic rings. The summed E-state index contributed by atoms with van der Waals surface area (Å²) in [5.41, 5.74) is 2.07. The molecule has 0 bridgehead atoms. The first-order chi connectivity index (χ1) is 11.2. The molecule has 23 heavy (non-hydrogen) atoms. The Balaban J connectivity index is 1.76. The quantitative estimate of drug-likeness (QED) is 0.909. The molecule has 1 fully saturated rings. The fourth-order valence-corrected chi connectivity index (χ4v) is 3.00. The van der Waals surface area contributed by atoms with Gasteiger partial charge in [-0.1, -0.05) is 36.6 Å². The van der Waals surface area contributed by atoms with E-state index in [-0.39, 0.29) is 5.91 Å². The lowest BCUT2D eigenvalue weighted by Crippen LogP contribution is -2.24. The van der Waals surface area contributed by atoms with Crippen LogP contribution < -0.4 is 10.2 Å². The van der Waals surface area contributed by atoms with Crippen LogP contribution in [0.1, 0.15) is 36.2 Å². The Morgan fingerprint density at radius 1 is 1.09 bits per heavy atom. The van der Waals surface area contributed by atoms with E-state index in [1.165, 1.54) is 25.7 Å². The molecule has 5 heteroatoms. The summed E-state index contributed by atoms with van der Waals surface area (Å²) >= 11 is 6.08. The molecule has 1 aliphatic rings. The van der Waals surface area contributed by atoms with E-state index in [1.807, 2.05) is 24.3 Å². The molecule has 120 valence electrons. The number of rotatable bonds is 3. The van der Waals surface area contributed by atoms with Crippen molar-refractivity contribution in [2.24, 2.45) is 0 Å². The Labute approximate surface area is 141 Å². The van der Waals surface area contributed by atoms with Crippen LogP contribution in [-0.4, -0.2) is 24.0 Å². The maximum Gasteiger partial charge on any atom is 0.274 e. The highest BCUT2D eigenvalue weighted by Crippen LogP contribution is 2.23. The fraction of sp³-hybridized carbons (Fsp3) is 0.333. The molecule has 1 aromatic carbocycles. The van der Waals surface area contributed by atoms with Crippen molar-refractivity contribution in [3.05, 3.63) is 53.3 Å². The van der Waals surface area contributed by atoms with Crippen LogP contribution in [0.2, 0.25) is 5.02 Å². The van der Waals surface area contributed by atoms with Crippen molar-refractivity contribution >= 4 is 28.9 Å². The molecule has 1 N–H and O–H groups in total. The van der Waals surface area contributed by atoms with Crippen LogP contribution in [-0.2, 0) is 0 Å². The molecule has 3 rings (SSSR count). The number of pyridine rings is 1. The highest BCUT2D eigenvalue weighted by molar-refractivity contribution is 6.33. The lowest BCUT2D eigenvalue weighted by molar-refractivity contribution is 0.102. The van der Waals surface area contributed by atoms with Gasteiger partial charge in [0.1, 0.15) is 5.69 Å². The zero-order chi connectivity index (χ0) is 16.1. The Bertz CT molecular complexity index is 681. The SMILES string of the molecule is O=C(Nc1ccccc1Cl)c1cc(N2CCCCCC2)ccn1. The molecule has 1 amide bonds. The first-order valence-corrected chi connectivity index (χ1v) is 8.39. The topological polar surface area (TPSA) is 45.2 Å². The van der Waals surface area contributed by atoms with E-state index in [1.54, 1.807) is 18.3 Å². The van der Waals surface area contributed by atoms with Gasteiger partial charge in [0.05, 0.1) is 10.7 Å². The normalized spacial score (nSPS) is 15.1. The minimum atomic E-state index is -0.241. The second-order valence-corrected chi connectivity index (χ2v) is 6.14. The molecule has 0 aliphatic carbocycles. The third kappa shape index (κ3) is 4.02. The van der Waals surface area contributed by atoms with Crippen LogP contribution >= 0.6 is 11.6 Å². The summed E-state index contributed by atoms with van der Waals surface area (Å²) in [6.45, 7) is 2.07. The molecule has 1 aliphatic heterocycles. The summed E-state index contributed by atoms with van der Waals surface area (Å²) in [7, 11) is 0. The average molecular weight is 330 g/mol. The van der Waals surface area contributed by atoms with Crippen LogP contribution in [0.15, 0.2) is 42.6 Å². The van der Waals surface area contributed by atoms with Crippen molar-refractivity contribution in [2.45, 2.75) is 25.7 Å². The highest BCUT2D eigenvalue weighted by Gasteiger charge is 2.14. The standard InChI is InChI=1S/C18H20ClN3O/c19-15-7-3-4-8-16(15)21-18(23)17-13-14(9-10-20-17)22-11-5-1-2-6-12-22/h3-4,7-10,13H,1-2,5-6,11-12H2,(H,21,23). The largest absolute Gasteiger partial charge is 0.371 e. The van der Waals surface area contributed by atoms with Crippen LogP contribution in [0, 0.1) is 0 Å². The van der Waals surface area contributed by atoms with Gasteiger partial charge in [-0.15, -0.1) is 0 Å². The lowest BCUT2D eigenvalue weighted by atomic mass is 10.2. The van der Waals surface area contributed by atoms with E-state index in [4.69, 9.17) is 11.6 Å². The number of anilines is 2. The number of carbonyl (C=O) groups is 1. The number of para-hydroxylation sites is 1. The zero-order valence-electron chi connectivity index (χ0n) is 13.0. The van der Waals surface area contributed by atoms with Crippen molar-refractivity contribution in [3.8, 4) is 0 Å². The number of amides is 1. The number of nitrogens with zero attached hydrogens (tertiary/aromatic N) is 2. The van der Waals surface area contributed by atoms with Crippen LogP contribution in [0.25, 0.3) is 0 Å². The fourth-order valence-electron chi connectivity index (χ4n) is 2.82. The van der Waals surface area contributed by atoms with E-state index >= 15 is 0 Å². The van der Waals surface area contributed by atoms with Gasteiger partial charge in [0.15, 0.2) is 0 Å². The molecule has 0 spiro atoms. The maximum absolute atomic E-state index is 12.4.